The van der Waals surface area contributed by atoms with E-state index in [0.717, 1.165) is 5.92 Å². The normalized spacial score (nSPS) is 11.4. The first kappa shape index (κ1) is 23.5. The summed E-state index contributed by atoms with van der Waals surface area (Å²) in [5.41, 5.74) is 0. The van der Waals surface area contributed by atoms with Crippen LogP contribution in [0.3, 0.4) is 0 Å². The van der Waals surface area contributed by atoms with E-state index in [1.54, 1.807) is 0 Å². The minimum atomic E-state index is 0.945. The van der Waals surface area contributed by atoms with Crippen LogP contribution in [0.5, 0.6) is 0 Å². The number of thiol groups is 1. The van der Waals surface area contributed by atoms with Gasteiger partial charge in [-0.05, 0) is 18.5 Å². The van der Waals surface area contributed by atoms with Crippen LogP contribution in [-0.2, 0) is 0 Å². The van der Waals surface area contributed by atoms with Crippen LogP contribution in [0.1, 0.15) is 97.3 Å². The second-order valence-corrected chi connectivity index (χ2v) is 6.88. The van der Waals surface area contributed by atoms with Gasteiger partial charge in [-0.2, -0.15) is 5.26 Å². The fourth-order valence-corrected chi connectivity index (χ4v) is 3.15. The topological polar surface area (TPSA) is 23.8 Å². The summed E-state index contributed by atoms with van der Waals surface area (Å²) in [6.07, 6.45) is 20.2. The smallest absolute Gasteiger partial charge is 0.130 e. The highest BCUT2D eigenvalue weighted by atomic mass is 32.1. The second kappa shape index (κ2) is 22.5. The molecule has 2 unspecified atom stereocenters. The fourth-order valence-electron chi connectivity index (χ4n) is 2.59. The van der Waals surface area contributed by atoms with Crippen molar-refractivity contribution >= 4 is 21.9 Å². The van der Waals surface area contributed by atoms with E-state index < -0.39 is 0 Å². The zero-order valence-electron chi connectivity index (χ0n) is 14.4. The van der Waals surface area contributed by atoms with Crippen LogP contribution in [0.2, 0.25) is 0 Å². The van der Waals surface area contributed by atoms with E-state index in [9.17, 15) is 0 Å². The van der Waals surface area contributed by atoms with Gasteiger partial charge >= 0.3 is 0 Å². The predicted molar refractivity (Wildman–Crippen MR) is 104 cm³/mol. The number of nitriles is 1. The molecule has 0 saturated heterocycles. The summed E-state index contributed by atoms with van der Waals surface area (Å²) >= 11 is 3.09. The van der Waals surface area contributed by atoms with Gasteiger partial charge in [0.15, 0.2) is 0 Å². The van der Waals surface area contributed by atoms with Crippen molar-refractivity contribution in [1.82, 2.24) is 0 Å². The Morgan fingerprint density at radius 1 is 0.857 bits per heavy atom. The summed E-state index contributed by atoms with van der Waals surface area (Å²) in [7, 11) is 2.85. The molecule has 21 heavy (non-hydrogen) atoms. The summed E-state index contributed by atoms with van der Waals surface area (Å²) < 4.78 is 0. The first-order valence-electron chi connectivity index (χ1n) is 8.96. The molecular weight excluding hydrogens is 293 g/mol. The highest BCUT2D eigenvalue weighted by Crippen LogP contribution is 2.16. The van der Waals surface area contributed by atoms with E-state index in [1.165, 1.54) is 95.0 Å². The monoisotopic (exact) mass is 331 g/mol. The van der Waals surface area contributed by atoms with Gasteiger partial charge in [0.2, 0.25) is 0 Å². The summed E-state index contributed by atoms with van der Waals surface area (Å²) in [4.78, 5) is 0. The van der Waals surface area contributed by atoms with Crippen molar-refractivity contribution in [1.29, 1.82) is 5.26 Å². The molecule has 0 saturated carbocycles. The second-order valence-electron chi connectivity index (χ2n) is 6.11. The lowest BCUT2D eigenvalue weighted by atomic mass is 9.99. The van der Waals surface area contributed by atoms with Gasteiger partial charge in [-0.3, -0.25) is 0 Å². The molecule has 0 fully saturated rings. The molecule has 0 aliphatic rings. The lowest BCUT2D eigenvalue weighted by molar-refractivity contribution is 0.471. The van der Waals surface area contributed by atoms with Gasteiger partial charge in [-0.25, -0.2) is 0 Å². The lowest BCUT2D eigenvalue weighted by Gasteiger charge is -2.09. The number of rotatable bonds is 14. The molecule has 0 bridgehead atoms. The van der Waals surface area contributed by atoms with Crippen LogP contribution in [0.15, 0.2) is 0 Å². The Bertz CT molecular complexity index is 216. The molecule has 0 radical (unpaired) electrons. The van der Waals surface area contributed by atoms with E-state index >= 15 is 0 Å². The number of unbranched alkanes of at least 4 members (excludes halogenated alkanes) is 10. The quantitative estimate of drug-likeness (QED) is 0.158. The zero-order valence-corrected chi connectivity index (χ0v) is 16.5. The minimum Gasteiger partial charge on any atom is -0.185 e. The Kier molecular flexibility index (Phi) is 25.3. The molecule has 0 aromatic heterocycles. The lowest BCUT2D eigenvalue weighted by Crippen LogP contribution is -1.95. The maximum absolute atomic E-state index is 7.18. The van der Waals surface area contributed by atoms with Crippen LogP contribution in [-0.4, -0.2) is 6.16 Å². The summed E-state index contributed by atoms with van der Waals surface area (Å²) in [6, 6.07) is 0. The van der Waals surface area contributed by atoms with Crippen LogP contribution in [0.25, 0.3) is 0 Å². The number of nitrogens with zero attached hydrogens (tertiary/aromatic N) is 1. The van der Waals surface area contributed by atoms with Gasteiger partial charge in [-0.1, -0.05) is 104 Å². The molecule has 0 amide bonds. The van der Waals surface area contributed by atoms with Crippen molar-refractivity contribution in [2.75, 3.05) is 6.16 Å². The third-order valence-corrected chi connectivity index (χ3v) is 4.29. The van der Waals surface area contributed by atoms with Crippen molar-refractivity contribution in [3.8, 4) is 5.40 Å². The molecule has 0 rings (SSSR count). The maximum Gasteiger partial charge on any atom is 0.130 e. The molecule has 126 valence electrons. The van der Waals surface area contributed by atoms with E-state index in [0.29, 0.717) is 0 Å². The summed E-state index contributed by atoms with van der Waals surface area (Å²) in [5.74, 6) is 0.945. The number of hydrogen-bond acceptors (Lipinski definition) is 2. The van der Waals surface area contributed by atoms with Crippen molar-refractivity contribution < 1.29 is 0 Å². The minimum absolute atomic E-state index is 0.945. The molecule has 0 N–H and O–H groups in total. The third-order valence-electron chi connectivity index (χ3n) is 3.96. The average Bonchev–Trinajstić information content (AvgIpc) is 2.46. The summed E-state index contributed by atoms with van der Waals surface area (Å²) in [6.45, 7) is 4.70. The first-order chi connectivity index (χ1) is 10.2. The largest absolute Gasteiger partial charge is 0.185 e. The molecule has 3 heteroatoms. The molecule has 0 aliphatic heterocycles. The molecular formula is C18H38NPS. The van der Waals surface area contributed by atoms with Crippen LogP contribution < -0.4 is 0 Å². The Hall–Kier alpha value is 0.270. The van der Waals surface area contributed by atoms with E-state index in [1.807, 2.05) is 0 Å². The van der Waals surface area contributed by atoms with Crippen LogP contribution >= 0.6 is 21.9 Å². The van der Waals surface area contributed by atoms with Gasteiger partial charge in [0.05, 0.1) is 0 Å². The Morgan fingerprint density at radius 3 is 1.62 bits per heavy atom. The fraction of sp³-hybridized carbons (Fsp3) is 0.944. The van der Waals surface area contributed by atoms with Gasteiger partial charge < -0.3 is 0 Å². The Balaban J connectivity index is 0. The van der Waals surface area contributed by atoms with E-state index in [-0.39, 0.29) is 0 Å². The van der Waals surface area contributed by atoms with Crippen molar-refractivity contribution in [3.05, 3.63) is 0 Å². The van der Waals surface area contributed by atoms with E-state index in [4.69, 9.17) is 5.26 Å². The number of hydrogen-bond donors (Lipinski definition) is 1. The molecule has 0 aliphatic carbocycles. The van der Waals surface area contributed by atoms with Gasteiger partial charge in [0, 0.05) is 0 Å². The van der Waals surface area contributed by atoms with Gasteiger partial charge in [0.25, 0.3) is 0 Å². The molecule has 2 atom stereocenters. The zero-order chi connectivity index (χ0) is 16.2. The SMILES string of the molecule is CCCCCCCCCCCCCC(C)CCP.N#CS. The van der Waals surface area contributed by atoms with Crippen molar-refractivity contribution in [2.45, 2.75) is 97.3 Å². The average molecular weight is 332 g/mol. The van der Waals surface area contributed by atoms with Gasteiger partial charge in [0.1, 0.15) is 5.40 Å². The first-order valence-corrected chi connectivity index (χ1v) is 10.2. The molecule has 0 aromatic carbocycles. The standard InChI is InChI=1S/C17H37P.CHNS/c1-3-4-5-6-7-8-9-10-11-12-13-14-17(2)15-16-18;2-1-3/h17H,3-16,18H2,1-2H3;3H. The summed E-state index contributed by atoms with van der Waals surface area (Å²) in [5, 5.41) is 8.63. The van der Waals surface area contributed by atoms with Crippen molar-refractivity contribution in [2.24, 2.45) is 5.92 Å². The van der Waals surface area contributed by atoms with Crippen LogP contribution in [0.4, 0.5) is 0 Å². The number of thiocyanates is 1. The highest BCUT2D eigenvalue weighted by molar-refractivity contribution is 7.85. The molecule has 0 spiro atoms. The molecule has 1 nitrogen and oxygen atoms in total. The molecule has 0 aromatic rings. The van der Waals surface area contributed by atoms with Crippen LogP contribution in [0, 0.1) is 16.6 Å². The molecule has 0 heterocycles. The predicted octanol–water partition coefficient (Wildman–Crippen LogP) is 6.99. The maximum atomic E-state index is 7.18. The Labute approximate surface area is 142 Å². The van der Waals surface area contributed by atoms with Crippen molar-refractivity contribution in [3.63, 3.8) is 0 Å². The highest BCUT2D eigenvalue weighted by Gasteiger charge is 1.99. The van der Waals surface area contributed by atoms with E-state index in [2.05, 4.69) is 35.7 Å². The third kappa shape index (κ3) is 25.6. The Morgan fingerprint density at radius 2 is 1.24 bits per heavy atom. The van der Waals surface area contributed by atoms with Gasteiger partial charge in [-0.15, -0.1) is 9.24 Å².